The lowest BCUT2D eigenvalue weighted by molar-refractivity contribution is -0.138. The van der Waals surface area contributed by atoms with Crippen LogP contribution in [-0.4, -0.2) is 27.5 Å². The van der Waals surface area contributed by atoms with Crippen molar-refractivity contribution >= 4 is 21.6 Å². The van der Waals surface area contributed by atoms with Gasteiger partial charge in [-0.3, -0.25) is 4.79 Å². The minimum absolute atomic E-state index is 0.219. The Kier molecular flexibility index (Phi) is 6.21. The van der Waals surface area contributed by atoms with Gasteiger partial charge in [-0.2, -0.15) is 13.2 Å². The third-order valence-corrected chi connectivity index (χ3v) is 5.81. The zero-order chi connectivity index (χ0) is 22.0. The molecule has 1 heterocycles. The number of nitrogens with two attached hydrogens (primary N) is 1. The van der Waals surface area contributed by atoms with E-state index < -0.39 is 38.8 Å². The second-order valence-electron chi connectivity index (χ2n) is 7.23. The molecule has 30 heavy (non-hydrogen) atoms. The highest BCUT2D eigenvalue weighted by molar-refractivity contribution is 7.88. The molecule has 3 N–H and O–H groups in total. The van der Waals surface area contributed by atoms with Crippen molar-refractivity contribution in [2.75, 3.05) is 18.5 Å². The first-order valence-corrected chi connectivity index (χ1v) is 10.9. The van der Waals surface area contributed by atoms with Gasteiger partial charge in [-0.1, -0.05) is 30.3 Å². The number of anilines is 1. The Hall–Kier alpha value is -2.43. The number of primary sulfonamides is 1. The van der Waals surface area contributed by atoms with Crippen LogP contribution in [0.25, 0.3) is 0 Å². The van der Waals surface area contributed by atoms with E-state index in [-0.39, 0.29) is 31.6 Å². The number of rotatable bonds is 5. The van der Waals surface area contributed by atoms with Crippen LogP contribution in [0.1, 0.15) is 29.5 Å². The number of nitrogens with one attached hydrogen (secondary N) is 1. The molecule has 2 aromatic carbocycles. The lowest BCUT2D eigenvalue weighted by Gasteiger charge is -2.36. The third-order valence-electron chi connectivity index (χ3n) is 5.08. The van der Waals surface area contributed by atoms with Gasteiger partial charge in [-0.25, -0.2) is 13.6 Å². The van der Waals surface area contributed by atoms with Crippen molar-refractivity contribution in [2.24, 2.45) is 5.14 Å². The van der Waals surface area contributed by atoms with Gasteiger partial charge in [0.15, 0.2) is 0 Å². The molecule has 1 aliphatic heterocycles. The molecular formula is C20H21F3N2O4S. The molecule has 10 heteroatoms. The molecule has 3 rings (SSSR count). The molecule has 162 valence electrons. The Morgan fingerprint density at radius 3 is 2.40 bits per heavy atom. The largest absolute Gasteiger partial charge is 0.416 e. The van der Waals surface area contributed by atoms with Crippen molar-refractivity contribution in [1.29, 1.82) is 0 Å². The molecule has 0 atom stereocenters. The molecule has 1 amide bonds. The van der Waals surface area contributed by atoms with Gasteiger partial charge in [0, 0.05) is 18.9 Å². The zero-order valence-electron chi connectivity index (χ0n) is 15.9. The highest BCUT2D eigenvalue weighted by Gasteiger charge is 2.43. The van der Waals surface area contributed by atoms with Crippen LogP contribution < -0.4 is 10.5 Å². The highest BCUT2D eigenvalue weighted by atomic mass is 32.2. The fourth-order valence-electron chi connectivity index (χ4n) is 3.58. The number of alkyl halides is 3. The summed E-state index contributed by atoms with van der Waals surface area (Å²) in [4.78, 5) is 13.3. The molecule has 0 aromatic heterocycles. The molecule has 0 radical (unpaired) electrons. The van der Waals surface area contributed by atoms with Gasteiger partial charge in [0.1, 0.15) is 0 Å². The topological polar surface area (TPSA) is 98.5 Å². The molecule has 1 aliphatic rings. The second-order valence-corrected chi connectivity index (χ2v) is 8.85. The van der Waals surface area contributed by atoms with Crippen LogP contribution in [0.4, 0.5) is 18.9 Å². The SMILES string of the molecule is NS(=O)(=O)Cc1cccc(NC(=O)C2(c3cccc(C(F)(F)F)c3)CCOCC2)c1. The number of amides is 1. The summed E-state index contributed by atoms with van der Waals surface area (Å²) in [6.45, 7) is 0.463. The monoisotopic (exact) mass is 442 g/mol. The van der Waals surface area contributed by atoms with Crippen LogP contribution in [0, 0.1) is 0 Å². The number of sulfonamides is 1. The number of carbonyl (C=O) groups is 1. The quantitative estimate of drug-likeness (QED) is 0.743. The average Bonchev–Trinajstić information content (AvgIpc) is 2.67. The molecule has 0 unspecified atom stereocenters. The first-order chi connectivity index (χ1) is 14.0. The van der Waals surface area contributed by atoms with Gasteiger partial charge in [0.05, 0.1) is 16.7 Å². The zero-order valence-corrected chi connectivity index (χ0v) is 16.7. The molecule has 2 aromatic rings. The van der Waals surface area contributed by atoms with E-state index in [4.69, 9.17) is 9.88 Å². The maximum atomic E-state index is 13.3. The predicted octanol–water partition coefficient (Wildman–Crippen LogP) is 3.18. The first-order valence-electron chi connectivity index (χ1n) is 9.16. The summed E-state index contributed by atoms with van der Waals surface area (Å²) in [5.74, 6) is -0.874. The number of carbonyl (C=O) groups excluding carboxylic acids is 1. The average molecular weight is 442 g/mol. The summed E-state index contributed by atoms with van der Waals surface area (Å²) >= 11 is 0. The summed E-state index contributed by atoms with van der Waals surface area (Å²) in [6, 6.07) is 10.9. The van der Waals surface area contributed by atoms with Gasteiger partial charge < -0.3 is 10.1 Å². The Morgan fingerprint density at radius 1 is 1.10 bits per heavy atom. The number of hydrogen-bond donors (Lipinski definition) is 2. The van der Waals surface area contributed by atoms with E-state index in [1.54, 1.807) is 18.2 Å². The van der Waals surface area contributed by atoms with Crippen molar-refractivity contribution in [2.45, 2.75) is 30.2 Å². The maximum Gasteiger partial charge on any atom is 0.416 e. The molecule has 0 aliphatic carbocycles. The standard InChI is InChI=1S/C20H21F3N2O4S/c21-20(22,23)16-5-2-4-15(12-16)19(7-9-29-10-8-19)18(26)25-17-6-1-3-14(11-17)13-30(24,27)28/h1-6,11-12H,7-10,13H2,(H,25,26)(H2,24,27,28). The van der Waals surface area contributed by atoms with E-state index in [1.165, 1.54) is 18.2 Å². The minimum Gasteiger partial charge on any atom is -0.381 e. The molecule has 1 fully saturated rings. The Balaban J connectivity index is 1.93. The highest BCUT2D eigenvalue weighted by Crippen LogP contribution is 2.39. The van der Waals surface area contributed by atoms with Crippen molar-refractivity contribution < 1.29 is 31.1 Å². The molecule has 0 saturated carbocycles. The van der Waals surface area contributed by atoms with E-state index in [9.17, 15) is 26.4 Å². The van der Waals surface area contributed by atoms with Gasteiger partial charge in [-0.05, 0) is 42.2 Å². The number of ether oxygens (including phenoxy) is 1. The summed E-state index contributed by atoms with van der Waals surface area (Å²) in [6.07, 6.45) is -4.09. The lowest BCUT2D eigenvalue weighted by Crippen LogP contribution is -2.45. The molecule has 1 saturated heterocycles. The first kappa shape index (κ1) is 22.3. The Labute approximate surface area is 172 Å². The summed E-state index contributed by atoms with van der Waals surface area (Å²) < 4.78 is 67.6. The van der Waals surface area contributed by atoms with Crippen LogP contribution in [0.5, 0.6) is 0 Å². The van der Waals surface area contributed by atoms with Crippen molar-refractivity contribution in [3.63, 3.8) is 0 Å². The van der Waals surface area contributed by atoms with Crippen molar-refractivity contribution in [3.8, 4) is 0 Å². The number of hydrogen-bond acceptors (Lipinski definition) is 4. The molecular weight excluding hydrogens is 421 g/mol. The normalized spacial score (nSPS) is 16.8. The van der Waals surface area contributed by atoms with Crippen LogP contribution in [-0.2, 0) is 36.9 Å². The molecule has 0 bridgehead atoms. The van der Waals surface area contributed by atoms with E-state index in [0.29, 0.717) is 11.3 Å². The third kappa shape index (κ3) is 5.18. The van der Waals surface area contributed by atoms with E-state index in [1.807, 2.05) is 0 Å². The van der Waals surface area contributed by atoms with Gasteiger partial charge in [0.25, 0.3) is 0 Å². The van der Waals surface area contributed by atoms with E-state index >= 15 is 0 Å². The summed E-state index contributed by atoms with van der Waals surface area (Å²) in [5.41, 5.74) is -1.04. The smallest absolute Gasteiger partial charge is 0.381 e. The summed E-state index contributed by atoms with van der Waals surface area (Å²) in [5, 5.41) is 7.79. The fourth-order valence-corrected chi connectivity index (χ4v) is 4.23. The lowest BCUT2D eigenvalue weighted by atomic mass is 9.73. The van der Waals surface area contributed by atoms with Crippen LogP contribution in [0.3, 0.4) is 0 Å². The van der Waals surface area contributed by atoms with Crippen LogP contribution in [0.2, 0.25) is 0 Å². The van der Waals surface area contributed by atoms with Gasteiger partial charge >= 0.3 is 6.18 Å². The fraction of sp³-hybridized carbons (Fsp3) is 0.350. The van der Waals surface area contributed by atoms with Gasteiger partial charge in [0.2, 0.25) is 15.9 Å². The van der Waals surface area contributed by atoms with E-state index in [2.05, 4.69) is 5.32 Å². The van der Waals surface area contributed by atoms with Crippen LogP contribution >= 0.6 is 0 Å². The van der Waals surface area contributed by atoms with Crippen molar-refractivity contribution in [1.82, 2.24) is 0 Å². The summed E-state index contributed by atoms with van der Waals surface area (Å²) in [7, 11) is -3.75. The maximum absolute atomic E-state index is 13.3. The molecule has 6 nitrogen and oxygen atoms in total. The predicted molar refractivity (Wildman–Crippen MR) is 105 cm³/mol. The second kappa shape index (κ2) is 8.37. The minimum atomic E-state index is -4.53. The number of halogens is 3. The van der Waals surface area contributed by atoms with Crippen molar-refractivity contribution in [3.05, 3.63) is 65.2 Å². The molecule has 0 spiro atoms. The number of benzene rings is 2. The van der Waals surface area contributed by atoms with E-state index in [0.717, 1.165) is 12.1 Å². The van der Waals surface area contributed by atoms with Crippen LogP contribution in [0.15, 0.2) is 48.5 Å². The van der Waals surface area contributed by atoms with Gasteiger partial charge in [-0.15, -0.1) is 0 Å². The Bertz CT molecular complexity index is 1030. The Morgan fingerprint density at radius 2 is 1.77 bits per heavy atom.